The SMILES string of the molecule is COCc1cnc(C(=O)N(C)Cc2ccccc2)c(C(=O)O)c1. The molecule has 120 valence electrons. The van der Waals surface area contributed by atoms with Crippen LogP contribution in [0, 0.1) is 0 Å². The lowest BCUT2D eigenvalue weighted by molar-refractivity contribution is 0.0677. The summed E-state index contributed by atoms with van der Waals surface area (Å²) in [6, 6.07) is 10.9. The van der Waals surface area contributed by atoms with Crippen molar-refractivity contribution in [1.29, 1.82) is 0 Å². The number of amides is 1. The Balaban J connectivity index is 2.25. The zero-order valence-electron chi connectivity index (χ0n) is 13.0. The Labute approximate surface area is 134 Å². The van der Waals surface area contributed by atoms with E-state index in [4.69, 9.17) is 4.74 Å². The molecule has 1 heterocycles. The Morgan fingerprint density at radius 2 is 1.91 bits per heavy atom. The molecule has 0 atom stereocenters. The minimum Gasteiger partial charge on any atom is -0.478 e. The zero-order valence-corrected chi connectivity index (χ0v) is 13.0. The van der Waals surface area contributed by atoms with Crippen LogP contribution >= 0.6 is 0 Å². The summed E-state index contributed by atoms with van der Waals surface area (Å²) in [6.07, 6.45) is 1.46. The predicted octanol–water partition coefficient (Wildman–Crippen LogP) is 2.20. The van der Waals surface area contributed by atoms with Crippen LogP contribution in [0.25, 0.3) is 0 Å². The lowest BCUT2D eigenvalue weighted by Crippen LogP contribution is -2.29. The van der Waals surface area contributed by atoms with Gasteiger partial charge in [-0.25, -0.2) is 9.78 Å². The van der Waals surface area contributed by atoms with Gasteiger partial charge in [-0.05, 0) is 17.2 Å². The molecule has 2 aromatic rings. The van der Waals surface area contributed by atoms with Crippen LogP contribution in [-0.4, -0.2) is 41.0 Å². The van der Waals surface area contributed by atoms with E-state index in [0.717, 1.165) is 5.56 Å². The van der Waals surface area contributed by atoms with Gasteiger partial charge in [0.25, 0.3) is 5.91 Å². The van der Waals surface area contributed by atoms with E-state index in [2.05, 4.69) is 4.98 Å². The molecule has 0 aliphatic heterocycles. The second-order valence-corrected chi connectivity index (χ2v) is 5.12. The molecule has 1 amide bonds. The number of benzene rings is 1. The topological polar surface area (TPSA) is 79.7 Å². The quantitative estimate of drug-likeness (QED) is 0.884. The highest BCUT2D eigenvalue weighted by Gasteiger charge is 2.22. The first-order valence-corrected chi connectivity index (χ1v) is 7.03. The number of carboxylic acid groups (broad SMARTS) is 1. The summed E-state index contributed by atoms with van der Waals surface area (Å²) in [5, 5.41) is 9.33. The molecule has 0 fully saturated rings. The van der Waals surface area contributed by atoms with Gasteiger partial charge in [-0.1, -0.05) is 30.3 Å². The molecule has 0 spiro atoms. The van der Waals surface area contributed by atoms with Crippen molar-refractivity contribution in [3.63, 3.8) is 0 Å². The first-order valence-electron chi connectivity index (χ1n) is 7.03. The van der Waals surface area contributed by atoms with E-state index in [1.807, 2.05) is 30.3 Å². The number of aromatic carboxylic acids is 1. The number of hydrogen-bond donors (Lipinski definition) is 1. The van der Waals surface area contributed by atoms with E-state index < -0.39 is 11.9 Å². The summed E-state index contributed by atoms with van der Waals surface area (Å²) >= 11 is 0. The third kappa shape index (κ3) is 4.14. The average Bonchev–Trinajstić information content (AvgIpc) is 2.55. The van der Waals surface area contributed by atoms with Crippen LogP contribution in [0.2, 0.25) is 0 Å². The lowest BCUT2D eigenvalue weighted by Gasteiger charge is -2.18. The molecule has 1 aromatic carbocycles. The summed E-state index contributed by atoms with van der Waals surface area (Å²) < 4.78 is 4.96. The fourth-order valence-corrected chi connectivity index (χ4v) is 2.20. The maximum Gasteiger partial charge on any atom is 0.338 e. The maximum atomic E-state index is 12.5. The molecular formula is C17H18N2O4. The molecule has 23 heavy (non-hydrogen) atoms. The third-order valence-corrected chi connectivity index (χ3v) is 3.30. The number of carbonyl (C=O) groups is 2. The van der Waals surface area contributed by atoms with Crippen molar-refractivity contribution in [2.24, 2.45) is 0 Å². The summed E-state index contributed by atoms with van der Waals surface area (Å²) in [5.74, 6) is -1.62. The van der Waals surface area contributed by atoms with Crippen LogP contribution in [0.5, 0.6) is 0 Å². The van der Waals surface area contributed by atoms with Gasteiger partial charge >= 0.3 is 5.97 Å². The van der Waals surface area contributed by atoms with Crippen LogP contribution in [0.4, 0.5) is 0 Å². The Bertz CT molecular complexity index is 701. The van der Waals surface area contributed by atoms with Gasteiger partial charge < -0.3 is 14.7 Å². The van der Waals surface area contributed by atoms with Crippen LogP contribution in [-0.2, 0) is 17.9 Å². The van der Waals surface area contributed by atoms with E-state index in [1.54, 1.807) is 7.05 Å². The molecule has 6 nitrogen and oxygen atoms in total. The molecule has 2 rings (SSSR count). The summed E-state index contributed by atoms with van der Waals surface area (Å²) in [5.41, 5.74) is 1.36. The van der Waals surface area contributed by atoms with Crippen LogP contribution < -0.4 is 0 Å². The number of carboxylic acids is 1. The monoisotopic (exact) mass is 314 g/mol. The van der Waals surface area contributed by atoms with Crippen molar-refractivity contribution in [1.82, 2.24) is 9.88 Å². The van der Waals surface area contributed by atoms with E-state index >= 15 is 0 Å². The largest absolute Gasteiger partial charge is 0.478 e. The van der Waals surface area contributed by atoms with Crippen molar-refractivity contribution in [3.8, 4) is 0 Å². The number of ether oxygens (including phenoxy) is 1. The van der Waals surface area contributed by atoms with Crippen LogP contribution in [0.1, 0.15) is 32.0 Å². The van der Waals surface area contributed by atoms with Gasteiger partial charge in [0, 0.05) is 26.9 Å². The minimum atomic E-state index is -1.19. The Morgan fingerprint density at radius 1 is 1.22 bits per heavy atom. The fraction of sp³-hybridized carbons (Fsp3) is 0.235. The third-order valence-electron chi connectivity index (χ3n) is 3.30. The van der Waals surface area contributed by atoms with Crippen LogP contribution in [0.15, 0.2) is 42.6 Å². The number of methoxy groups -OCH3 is 1. The number of hydrogen-bond acceptors (Lipinski definition) is 4. The fourth-order valence-electron chi connectivity index (χ4n) is 2.20. The Hall–Kier alpha value is -2.73. The molecule has 0 aliphatic rings. The van der Waals surface area contributed by atoms with Crippen LogP contribution in [0.3, 0.4) is 0 Å². The smallest absolute Gasteiger partial charge is 0.338 e. The van der Waals surface area contributed by atoms with Crippen molar-refractivity contribution in [3.05, 3.63) is 65.0 Å². The van der Waals surface area contributed by atoms with Crippen molar-refractivity contribution in [2.75, 3.05) is 14.2 Å². The maximum absolute atomic E-state index is 12.5. The Morgan fingerprint density at radius 3 is 2.52 bits per heavy atom. The van der Waals surface area contributed by atoms with Gasteiger partial charge in [-0.3, -0.25) is 4.79 Å². The predicted molar refractivity (Wildman–Crippen MR) is 84.1 cm³/mol. The number of rotatable bonds is 6. The zero-order chi connectivity index (χ0) is 16.8. The Kier molecular flexibility index (Phi) is 5.43. The van der Waals surface area contributed by atoms with E-state index in [0.29, 0.717) is 12.1 Å². The molecular weight excluding hydrogens is 296 g/mol. The lowest BCUT2D eigenvalue weighted by atomic mass is 10.1. The van der Waals surface area contributed by atoms with Gasteiger partial charge in [-0.2, -0.15) is 0 Å². The molecule has 6 heteroatoms. The van der Waals surface area contributed by atoms with E-state index in [9.17, 15) is 14.7 Å². The average molecular weight is 314 g/mol. The molecule has 0 aliphatic carbocycles. The van der Waals surface area contributed by atoms with Gasteiger partial charge in [0.2, 0.25) is 0 Å². The van der Waals surface area contributed by atoms with Crippen molar-refractivity contribution >= 4 is 11.9 Å². The first kappa shape index (κ1) is 16.6. The number of pyridine rings is 1. The molecule has 0 unspecified atom stereocenters. The minimum absolute atomic E-state index is 0.0733. The highest BCUT2D eigenvalue weighted by atomic mass is 16.5. The molecule has 0 radical (unpaired) electrons. The normalized spacial score (nSPS) is 10.3. The molecule has 1 N–H and O–H groups in total. The molecule has 0 saturated heterocycles. The van der Waals surface area contributed by atoms with Gasteiger partial charge in [-0.15, -0.1) is 0 Å². The van der Waals surface area contributed by atoms with E-state index in [-0.39, 0.29) is 17.9 Å². The van der Waals surface area contributed by atoms with Gasteiger partial charge in [0.1, 0.15) is 5.69 Å². The first-order chi connectivity index (χ1) is 11.0. The highest BCUT2D eigenvalue weighted by Crippen LogP contribution is 2.14. The molecule has 0 saturated carbocycles. The second-order valence-electron chi connectivity index (χ2n) is 5.12. The molecule has 1 aromatic heterocycles. The van der Waals surface area contributed by atoms with Gasteiger partial charge in [0.15, 0.2) is 0 Å². The summed E-state index contributed by atoms with van der Waals surface area (Å²) in [7, 11) is 3.12. The second kappa shape index (κ2) is 7.51. The van der Waals surface area contributed by atoms with E-state index in [1.165, 1.54) is 24.3 Å². The standard InChI is InChI=1S/C17H18N2O4/c1-19(10-12-6-4-3-5-7-12)16(20)15-14(17(21)22)8-13(9-18-15)11-23-2/h3-9H,10-11H2,1-2H3,(H,21,22). The number of nitrogens with zero attached hydrogens (tertiary/aromatic N) is 2. The van der Waals surface area contributed by atoms with Crippen molar-refractivity contribution < 1.29 is 19.4 Å². The highest BCUT2D eigenvalue weighted by molar-refractivity contribution is 6.03. The summed E-state index contributed by atoms with van der Waals surface area (Å²) in [4.78, 5) is 29.4. The number of carbonyl (C=O) groups excluding carboxylic acids is 1. The van der Waals surface area contributed by atoms with Gasteiger partial charge in [0.05, 0.1) is 12.2 Å². The van der Waals surface area contributed by atoms with Crippen molar-refractivity contribution in [2.45, 2.75) is 13.2 Å². The molecule has 0 bridgehead atoms. The number of aromatic nitrogens is 1. The summed E-state index contributed by atoms with van der Waals surface area (Å²) in [6.45, 7) is 0.613.